The van der Waals surface area contributed by atoms with Gasteiger partial charge in [0.25, 0.3) is 0 Å². The predicted molar refractivity (Wildman–Crippen MR) is 113 cm³/mol. The Labute approximate surface area is 168 Å². The number of aromatic amines is 1. The smallest absolute Gasteiger partial charge is 0.230 e. The first-order chi connectivity index (χ1) is 14.0. The van der Waals surface area contributed by atoms with Crippen LogP contribution >= 0.6 is 0 Å². The second kappa shape index (κ2) is 7.58. The number of benzene rings is 2. The lowest BCUT2D eigenvalue weighted by Gasteiger charge is -2.20. The number of fused-ring (bicyclic) bond motifs is 1. The molecule has 1 amide bonds. The molecule has 0 unspecified atom stereocenters. The van der Waals surface area contributed by atoms with E-state index in [1.54, 1.807) is 0 Å². The summed E-state index contributed by atoms with van der Waals surface area (Å²) < 4.78 is 0. The van der Waals surface area contributed by atoms with Crippen LogP contribution < -0.4 is 10.2 Å². The lowest BCUT2D eigenvalue weighted by molar-refractivity contribution is -0.497. The molecule has 0 saturated heterocycles. The normalized spacial score (nSPS) is 19.0. The molecule has 1 fully saturated rings. The molecule has 1 aromatic heterocycles. The average molecular weight is 392 g/mol. The molecule has 7 nitrogen and oxygen atoms in total. The Balaban J connectivity index is 1.60. The molecule has 150 valence electrons. The first kappa shape index (κ1) is 19.0. The largest absolute Gasteiger partial charge is 0.378 e. The van der Waals surface area contributed by atoms with Crippen molar-refractivity contribution in [2.24, 2.45) is 5.92 Å². The number of nitro groups is 1. The van der Waals surface area contributed by atoms with E-state index >= 15 is 0 Å². The number of hydrogen-bond donors (Lipinski definition) is 2. The first-order valence-corrected chi connectivity index (χ1v) is 9.70. The summed E-state index contributed by atoms with van der Waals surface area (Å²) >= 11 is 0. The van der Waals surface area contributed by atoms with E-state index in [1.807, 2.05) is 43.4 Å². The van der Waals surface area contributed by atoms with Crippen molar-refractivity contribution < 1.29 is 9.72 Å². The maximum absolute atomic E-state index is 12.4. The fourth-order valence-electron chi connectivity index (χ4n) is 3.82. The zero-order valence-electron chi connectivity index (χ0n) is 16.5. The van der Waals surface area contributed by atoms with Gasteiger partial charge in [-0.2, -0.15) is 0 Å². The van der Waals surface area contributed by atoms with Crippen LogP contribution in [0.25, 0.3) is 10.9 Å². The number of hydrogen-bond acceptors (Lipinski definition) is 4. The highest BCUT2D eigenvalue weighted by atomic mass is 16.6. The highest BCUT2D eigenvalue weighted by Gasteiger charge is 2.53. The number of carbonyl (C=O) groups excluding carboxylic acids is 1. The molecule has 29 heavy (non-hydrogen) atoms. The van der Waals surface area contributed by atoms with Gasteiger partial charge in [-0.1, -0.05) is 30.3 Å². The lowest BCUT2D eigenvalue weighted by atomic mass is 9.90. The number of nitrogens with zero attached hydrogens (tertiary/aromatic N) is 2. The number of amides is 1. The molecule has 7 heteroatoms. The van der Waals surface area contributed by atoms with Crippen LogP contribution in [0, 0.1) is 16.0 Å². The molecule has 2 N–H and O–H groups in total. The van der Waals surface area contributed by atoms with Gasteiger partial charge in [-0.3, -0.25) is 14.9 Å². The van der Waals surface area contributed by atoms with Crippen LogP contribution in [-0.2, 0) is 4.79 Å². The van der Waals surface area contributed by atoms with E-state index in [-0.39, 0.29) is 16.7 Å². The average Bonchev–Trinajstić information content (AvgIpc) is 3.43. The third-order valence-electron chi connectivity index (χ3n) is 5.65. The summed E-state index contributed by atoms with van der Waals surface area (Å²) in [4.78, 5) is 28.3. The van der Waals surface area contributed by atoms with E-state index in [0.29, 0.717) is 13.0 Å². The van der Waals surface area contributed by atoms with Gasteiger partial charge < -0.3 is 15.2 Å². The number of H-pyrrole nitrogens is 1. The Morgan fingerprint density at radius 3 is 2.62 bits per heavy atom. The molecule has 1 heterocycles. The summed E-state index contributed by atoms with van der Waals surface area (Å²) in [7, 11) is 3.99. The quantitative estimate of drug-likeness (QED) is 0.477. The highest BCUT2D eigenvalue weighted by molar-refractivity contribution is 5.85. The highest BCUT2D eigenvalue weighted by Crippen LogP contribution is 2.34. The van der Waals surface area contributed by atoms with Crippen molar-refractivity contribution in [3.8, 4) is 0 Å². The fraction of sp³-hybridized carbons (Fsp3) is 0.318. The van der Waals surface area contributed by atoms with Crippen molar-refractivity contribution in [3.05, 3.63) is 76.0 Å². The van der Waals surface area contributed by atoms with Gasteiger partial charge in [0.2, 0.25) is 11.9 Å². The molecule has 3 atom stereocenters. The van der Waals surface area contributed by atoms with Crippen molar-refractivity contribution >= 4 is 22.5 Å². The summed E-state index contributed by atoms with van der Waals surface area (Å²) in [6.07, 6.45) is 2.31. The standard InChI is InChI=1S/C22H24N4O3/c1-25(2)15-9-7-14(8-10-15)18(12-24-22(27)17-11-21(17)26(28)29)19-13-23-20-6-4-3-5-16(19)20/h3-10,13,17-18,21,23H,11-12H2,1-2H3,(H,24,27)/t17-,18+,21+/m1/s1. The van der Waals surface area contributed by atoms with Crippen LogP contribution in [0.3, 0.4) is 0 Å². The molecular formula is C22H24N4O3. The number of nitrogens with one attached hydrogen (secondary N) is 2. The zero-order chi connectivity index (χ0) is 20.5. The number of carbonyl (C=O) groups is 1. The van der Waals surface area contributed by atoms with Gasteiger partial charge in [0, 0.05) is 60.7 Å². The Kier molecular flexibility index (Phi) is 4.96. The summed E-state index contributed by atoms with van der Waals surface area (Å²) in [5.74, 6) is -0.801. The Hall–Kier alpha value is -3.35. The molecule has 3 aromatic rings. The number of rotatable bonds is 7. The molecule has 4 rings (SSSR count). The first-order valence-electron chi connectivity index (χ1n) is 9.70. The van der Waals surface area contributed by atoms with E-state index in [4.69, 9.17) is 0 Å². The van der Waals surface area contributed by atoms with Crippen molar-refractivity contribution in [3.63, 3.8) is 0 Å². The van der Waals surface area contributed by atoms with Gasteiger partial charge >= 0.3 is 0 Å². The van der Waals surface area contributed by atoms with Gasteiger partial charge in [0.05, 0.1) is 0 Å². The third-order valence-corrected chi connectivity index (χ3v) is 5.65. The number of para-hydroxylation sites is 1. The molecule has 0 radical (unpaired) electrons. The minimum atomic E-state index is -0.735. The Bertz CT molecular complexity index is 1040. The van der Waals surface area contributed by atoms with Gasteiger partial charge in [0.1, 0.15) is 5.92 Å². The van der Waals surface area contributed by atoms with Crippen molar-refractivity contribution in [2.75, 3.05) is 25.5 Å². The van der Waals surface area contributed by atoms with Crippen LogP contribution in [0.15, 0.2) is 54.7 Å². The van der Waals surface area contributed by atoms with E-state index in [0.717, 1.165) is 27.7 Å². The minimum Gasteiger partial charge on any atom is -0.378 e. The van der Waals surface area contributed by atoms with Gasteiger partial charge in [0.15, 0.2) is 0 Å². The third kappa shape index (κ3) is 3.81. The fourth-order valence-corrected chi connectivity index (χ4v) is 3.82. The van der Waals surface area contributed by atoms with Gasteiger partial charge in [-0.05, 0) is 29.3 Å². The minimum absolute atomic E-state index is 0.0564. The van der Waals surface area contributed by atoms with Gasteiger partial charge in [-0.25, -0.2) is 0 Å². The summed E-state index contributed by atoms with van der Waals surface area (Å²) in [5.41, 5.74) is 4.32. The van der Waals surface area contributed by atoms with Crippen molar-refractivity contribution in [1.82, 2.24) is 10.3 Å². The van der Waals surface area contributed by atoms with Crippen LogP contribution in [0.2, 0.25) is 0 Å². The molecular weight excluding hydrogens is 368 g/mol. The molecule has 2 aromatic carbocycles. The van der Waals surface area contributed by atoms with Crippen molar-refractivity contribution in [2.45, 2.75) is 18.4 Å². The monoisotopic (exact) mass is 392 g/mol. The van der Waals surface area contributed by atoms with E-state index < -0.39 is 12.0 Å². The molecule has 1 aliphatic carbocycles. The number of aromatic nitrogens is 1. The Morgan fingerprint density at radius 2 is 1.97 bits per heavy atom. The molecule has 0 bridgehead atoms. The van der Waals surface area contributed by atoms with E-state index in [9.17, 15) is 14.9 Å². The summed E-state index contributed by atoms with van der Waals surface area (Å²) in [6.45, 7) is 0.392. The second-order valence-electron chi connectivity index (χ2n) is 7.77. The second-order valence-corrected chi connectivity index (χ2v) is 7.77. The molecule has 1 saturated carbocycles. The summed E-state index contributed by atoms with van der Waals surface area (Å²) in [5, 5.41) is 14.9. The van der Waals surface area contributed by atoms with Crippen LogP contribution in [-0.4, -0.2) is 42.5 Å². The molecule has 1 aliphatic rings. The maximum Gasteiger partial charge on any atom is 0.230 e. The van der Waals surface area contributed by atoms with E-state index in [2.05, 4.69) is 40.6 Å². The molecule has 0 spiro atoms. The maximum atomic E-state index is 12.4. The van der Waals surface area contributed by atoms with Gasteiger partial charge in [-0.15, -0.1) is 0 Å². The van der Waals surface area contributed by atoms with Crippen molar-refractivity contribution in [1.29, 1.82) is 0 Å². The van der Waals surface area contributed by atoms with Crippen LogP contribution in [0.5, 0.6) is 0 Å². The van der Waals surface area contributed by atoms with Crippen LogP contribution in [0.4, 0.5) is 5.69 Å². The number of anilines is 1. The lowest BCUT2D eigenvalue weighted by Crippen LogP contribution is -2.31. The Morgan fingerprint density at radius 1 is 1.24 bits per heavy atom. The summed E-state index contributed by atoms with van der Waals surface area (Å²) in [6, 6.07) is 15.6. The zero-order valence-corrected chi connectivity index (χ0v) is 16.5. The molecule has 0 aliphatic heterocycles. The SMILES string of the molecule is CN(C)c1ccc([C@H](CNC(=O)[C@@H]2C[C@@H]2[N+](=O)[O-])c2c[nH]c3ccccc23)cc1. The van der Waals surface area contributed by atoms with E-state index in [1.165, 1.54) is 0 Å². The van der Waals surface area contributed by atoms with Crippen LogP contribution in [0.1, 0.15) is 23.5 Å². The predicted octanol–water partition coefficient (Wildman–Crippen LogP) is 3.15. The topological polar surface area (TPSA) is 91.3 Å².